The number of carbonyl (C=O) groups excluding carboxylic acids is 1. The number of H-pyrrole nitrogens is 1. The maximum absolute atomic E-state index is 10.9. The zero-order valence-electron chi connectivity index (χ0n) is 14.0. The van der Waals surface area contributed by atoms with Gasteiger partial charge < -0.3 is 0 Å². The molecule has 3 heteroatoms. The molecule has 0 saturated heterocycles. The van der Waals surface area contributed by atoms with E-state index in [2.05, 4.69) is 31.8 Å². The molecule has 2 radical (unpaired) electrons. The molecule has 1 aromatic rings. The molecule has 0 aliphatic rings. The fraction of sp³-hybridized carbons (Fsp3) is 0.722. The Morgan fingerprint density at radius 3 is 1.90 bits per heavy atom. The Bertz CT molecular complexity index is 378. The van der Waals surface area contributed by atoms with Crippen molar-refractivity contribution in [2.75, 3.05) is 0 Å². The van der Waals surface area contributed by atoms with Gasteiger partial charge in [-0.15, -0.1) is 0 Å². The van der Waals surface area contributed by atoms with Crippen molar-refractivity contribution in [3.63, 3.8) is 0 Å². The van der Waals surface area contributed by atoms with E-state index in [1.54, 1.807) is 0 Å². The summed E-state index contributed by atoms with van der Waals surface area (Å²) in [6, 6.07) is 4.13. The predicted octanol–water partition coefficient (Wildman–Crippen LogP) is 4.89. The molecule has 118 valence electrons. The Labute approximate surface area is 140 Å². The number of nitrogens with one attached hydrogen (secondary N) is 1. The number of hydrogen-bond donors (Lipinski definition) is 1. The number of aldehydes is 1. The van der Waals surface area contributed by atoms with Crippen LogP contribution in [0.4, 0.5) is 0 Å². The van der Waals surface area contributed by atoms with E-state index in [4.69, 9.17) is 0 Å². The Morgan fingerprint density at radius 1 is 1.00 bits per heavy atom. The van der Waals surface area contributed by atoms with Crippen molar-refractivity contribution in [1.29, 1.82) is 0 Å². The van der Waals surface area contributed by atoms with Crippen LogP contribution in [-0.4, -0.2) is 32.4 Å². The Morgan fingerprint density at radius 2 is 1.52 bits per heavy atom. The number of carbonyl (C=O) groups is 1. The van der Waals surface area contributed by atoms with Gasteiger partial charge >= 0.3 is 141 Å². The number of hydrogen-bond acceptors (Lipinski definition) is 1. The standard InChI is InChI=1S/C13H27.C5H4NO.Sn/c1-4-7-10-13(11-8-5-2)12-9-6-3;7-4-5-2-1-3-6-5;/h4-12H2,1-3H3;1-2,4,6H;. The van der Waals surface area contributed by atoms with Crippen molar-refractivity contribution in [1.82, 2.24) is 4.98 Å². The monoisotopic (exact) mass is 397 g/mol. The summed E-state index contributed by atoms with van der Waals surface area (Å²) in [5.74, 6) is 0. The van der Waals surface area contributed by atoms with E-state index in [1.165, 1.54) is 61.5 Å². The van der Waals surface area contributed by atoms with E-state index >= 15 is 0 Å². The van der Waals surface area contributed by atoms with Gasteiger partial charge in [0.15, 0.2) is 0 Å². The van der Waals surface area contributed by atoms with E-state index in [9.17, 15) is 4.79 Å². The van der Waals surface area contributed by atoms with Crippen LogP contribution in [0.15, 0.2) is 12.1 Å². The second kappa shape index (κ2) is 10.5. The van der Waals surface area contributed by atoms with Crippen LogP contribution < -0.4 is 3.71 Å². The maximum atomic E-state index is 10.9. The van der Waals surface area contributed by atoms with E-state index in [0.717, 1.165) is 12.0 Å². The van der Waals surface area contributed by atoms with Gasteiger partial charge in [0.05, 0.1) is 0 Å². The zero-order valence-corrected chi connectivity index (χ0v) is 16.9. The molecule has 2 nitrogen and oxygen atoms in total. The molecular formula is C18H31NOSn. The van der Waals surface area contributed by atoms with Gasteiger partial charge in [0.25, 0.3) is 0 Å². The Kier molecular flexibility index (Phi) is 9.37. The summed E-state index contributed by atoms with van der Waals surface area (Å²) in [5, 5.41) is 0. The molecule has 0 aliphatic carbocycles. The summed E-state index contributed by atoms with van der Waals surface area (Å²) < 4.78 is 2.00. The molecule has 1 heterocycles. The van der Waals surface area contributed by atoms with Crippen molar-refractivity contribution < 1.29 is 4.79 Å². The van der Waals surface area contributed by atoms with Crippen LogP contribution in [0.5, 0.6) is 0 Å². The van der Waals surface area contributed by atoms with Crippen LogP contribution >= 0.6 is 0 Å². The van der Waals surface area contributed by atoms with Crippen LogP contribution in [-0.2, 0) is 0 Å². The molecule has 0 fully saturated rings. The third-order valence-electron chi connectivity index (χ3n) is 4.26. The first-order valence-corrected chi connectivity index (χ1v) is 11.5. The number of aromatic nitrogens is 1. The number of unbranched alkanes of at least 4 members (excludes halogenated alkanes) is 3. The van der Waals surface area contributed by atoms with Gasteiger partial charge in [0.2, 0.25) is 0 Å². The van der Waals surface area contributed by atoms with Crippen molar-refractivity contribution in [2.24, 2.45) is 0 Å². The van der Waals surface area contributed by atoms with Crippen LogP contribution in [0.2, 0.25) is 3.43 Å². The first-order chi connectivity index (χ1) is 10.2. The predicted molar refractivity (Wildman–Crippen MR) is 92.8 cm³/mol. The molecule has 1 rings (SSSR count). The average Bonchev–Trinajstić information content (AvgIpc) is 2.96. The molecule has 0 amide bonds. The van der Waals surface area contributed by atoms with Gasteiger partial charge in [-0.05, 0) is 0 Å². The second-order valence-electron chi connectivity index (χ2n) is 6.16. The molecule has 0 saturated carbocycles. The van der Waals surface area contributed by atoms with Crippen LogP contribution in [0.1, 0.15) is 89.0 Å². The van der Waals surface area contributed by atoms with Gasteiger partial charge in [-0.25, -0.2) is 0 Å². The number of rotatable bonds is 12. The molecule has 0 aliphatic heterocycles. The van der Waals surface area contributed by atoms with E-state index in [-0.39, 0.29) is 0 Å². The normalized spacial score (nSPS) is 11.8. The molecule has 0 spiro atoms. The SMILES string of the molecule is CCCC[C](CCCC)(CCCC)[Sn][c]1ccc(C=O)[nH]1. The number of aromatic amines is 1. The van der Waals surface area contributed by atoms with E-state index < -0.39 is 21.1 Å². The van der Waals surface area contributed by atoms with Crippen LogP contribution in [0.25, 0.3) is 0 Å². The average molecular weight is 396 g/mol. The van der Waals surface area contributed by atoms with Gasteiger partial charge in [-0.1, -0.05) is 0 Å². The topological polar surface area (TPSA) is 32.9 Å². The molecule has 1 aromatic heterocycles. The molecule has 0 bridgehead atoms. The Hall–Kier alpha value is -0.251. The molecule has 1 N–H and O–H groups in total. The van der Waals surface area contributed by atoms with Crippen molar-refractivity contribution in [3.05, 3.63) is 17.8 Å². The summed E-state index contributed by atoms with van der Waals surface area (Å²) in [4.78, 5) is 14.2. The summed E-state index contributed by atoms with van der Waals surface area (Å²) in [6.45, 7) is 6.90. The second-order valence-corrected chi connectivity index (χ2v) is 11.4. The quantitative estimate of drug-likeness (QED) is 0.396. The van der Waals surface area contributed by atoms with Gasteiger partial charge in [0, 0.05) is 0 Å². The summed E-state index contributed by atoms with van der Waals surface area (Å²) in [7, 11) is 0. The Balaban J connectivity index is 2.85. The van der Waals surface area contributed by atoms with E-state index in [1.807, 2.05) is 6.07 Å². The molecule has 0 unspecified atom stereocenters. The minimum absolute atomic E-state index is 0.594. The fourth-order valence-electron chi connectivity index (χ4n) is 2.95. The summed E-state index contributed by atoms with van der Waals surface area (Å²) >= 11 is -0.697. The van der Waals surface area contributed by atoms with E-state index in [0.29, 0.717) is 3.43 Å². The van der Waals surface area contributed by atoms with Gasteiger partial charge in [-0.2, -0.15) is 0 Å². The summed E-state index contributed by atoms with van der Waals surface area (Å²) in [5.41, 5.74) is 0.751. The first kappa shape index (κ1) is 18.8. The van der Waals surface area contributed by atoms with Crippen LogP contribution in [0.3, 0.4) is 0 Å². The minimum atomic E-state index is -0.697. The van der Waals surface area contributed by atoms with Crippen molar-refractivity contribution >= 4 is 31.1 Å². The third kappa shape index (κ3) is 6.58. The molecular weight excluding hydrogens is 365 g/mol. The molecule has 0 atom stereocenters. The first-order valence-electron chi connectivity index (χ1n) is 8.62. The molecule has 0 aromatic carbocycles. The summed E-state index contributed by atoms with van der Waals surface area (Å²) in [6.07, 6.45) is 13.1. The van der Waals surface area contributed by atoms with Crippen molar-refractivity contribution in [3.8, 4) is 0 Å². The van der Waals surface area contributed by atoms with Gasteiger partial charge in [0.1, 0.15) is 0 Å². The third-order valence-corrected chi connectivity index (χ3v) is 9.52. The van der Waals surface area contributed by atoms with Crippen molar-refractivity contribution in [2.45, 2.75) is 82.0 Å². The molecule has 21 heavy (non-hydrogen) atoms. The van der Waals surface area contributed by atoms with Gasteiger partial charge in [-0.3, -0.25) is 0 Å². The fourth-order valence-corrected chi connectivity index (χ4v) is 8.23. The zero-order chi connectivity index (χ0) is 15.6. The van der Waals surface area contributed by atoms with Crippen LogP contribution in [0, 0.1) is 0 Å².